The van der Waals surface area contributed by atoms with E-state index in [0.717, 1.165) is 39.3 Å². The van der Waals surface area contributed by atoms with E-state index < -0.39 is 0 Å². The van der Waals surface area contributed by atoms with E-state index in [-0.39, 0.29) is 6.03 Å². The third-order valence-electron chi connectivity index (χ3n) is 3.15. The van der Waals surface area contributed by atoms with Crippen molar-refractivity contribution in [1.29, 1.82) is 0 Å². The van der Waals surface area contributed by atoms with Gasteiger partial charge in [-0.05, 0) is 19.9 Å². The van der Waals surface area contributed by atoms with Gasteiger partial charge in [0.25, 0.3) is 0 Å². The van der Waals surface area contributed by atoms with E-state index in [2.05, 4.69) is 11.9 Å². The second-order valence-corrected chi connectivity index (χ2v) is 4.27. The van der Waals surface area contributed by atoms with Crippen LogP contribution in [-0.4, -0.2) is 67.0 Å². The second-order valence-electron chi connectivity index (χ2n) is 4.27. The van der Waals surface area contributed by atoms with Gasteiger partial charge in [0.05, 0.1) is 0 Å². The number of amides is 2. The summed E-state index contributed by atoms with van der Waals surface area (Å²) in [6, 6.07) is 0.260. The Labute approximate surface area is 99.2 Å². The molecule has 0 aromatic carbocycles. The lowest BCUT2D eigenvalue weighted by Crippen LogP contribution is -2.51. The van der Waals surface area contributed by atoms with E-state index in [9.17, 15) is 4.79 Å². The van der Waals surface area contributed by atoms with Crippen molar-refractivity contribution in [2.45, 2.75) is 26.7 Å². The van der Waals surface area contributed by atoms with Crippen molar-refractivity contribution < 1.29 is 4.79 Å². The van der Waals surface area contributed by atoms with Gasteiger partial charge in [-0.3, -0.25) is 0 Å². The maximum Gasteiger partial charge on any atom is 0.320 e. The Hall–Kier alpha value is -0.770. The molecule has 0 bridgehead atoms. The lowest BCUT2D eigenvalue weighted by Gasteiger charge is -2.34. The fourth-order valence-corrected chi connectivity index (χ4v) is 2.11. The Bertz CT molecular complexity index is 206. The highest BCUT2D eigenvalue weighted by molar-refractivity contribution is 5.74. The molecular formula is C12H25N3O. The molecule has 2 aliphatic rings. The zero-order valence-corrected chi connectivity index (χ0v) is 10.9. The van der Waals surface area contributed by atoms with E-state index in [1.807, 2.05) is 23.6 Å². The van der Waals surface area contributed by atoms with Crippen LogP contribution in [0.4, 0.5) is 4.79 Å². The summed E-state index contributed by atoms with van der Waals surface area (Å²) in [5.41, 5.74) is 0. The minimum Gasteiger partial charge on any atom is -0.325 e. The third kappa shape index (κ3) is 3.37. The van der Waals surface area contributed by atoms with Crippen molar-refractivity contribution in [3.63, 3.8) is 0 Å². The number of carbonyl (C=O) groups excluding carboxylic acids is 1. The number of hydrogen-bond acceptors (Lipinski definition) is 2. The number of likely N-dealkylation sites (tertiary alicyclic amines) is 1. The summed E-state index contributed by atoms with van der Waals surface area (Å²) in [5, 5.41) is 0. The van der Waals surface area contributed by atoms with Crippen LogP contribution in [0.3, 0.4) is 0 Å². The SMILES string of the molecule is CC.CN1CCN(C(=O)N2CCCC2)CC1. The molecule has 2 fully saturated rings. The summed E-state index contributed by atoms with van der Waals surface area (Å²) in [6.45, 7) is 9.74. The van der Waals surface area contributed by atoms with Crippen LogP contribution < -0.4 is 0 Å². The second kappa shape index (κ2) is 6.74. The van der Waals surface area contributed by atoms with Crippen LogP contribution in [0.5, 0.6) is 0 Å². The van der Waals surface area contributed by atoms with Gasteiger partial charge in [0.1, 0.15) is 0 Å². The summed E-state index contributed by atoms with van der Waals surface area (Å²) >= 11 is 0. The molecule has 4 nitrogen and oxygen atoms in total. The zero-order valence-electron chi connectivity index (χ0n) is 10.9. The average molecular weight is 227 g/mol. The molecule has 0 unspecified atom stereocenters. The van der Waals surface area contributed by atoms with E-state index in [0.29, 0.717) is 0 Å². The van der Waals surface area contributed by atoms with Crippen molar-refractivity contribution in [3.8, 4) is 0 Å². The third-order valence-corrected chi connectivity index (χ3v) is 3.15. The van der Waals surface area contributed by atoms with Gasteiger partial charge in [-0.25, -0.2) is 4.79 Å². The van der Waals surface area contributed by atoms with E-state index in [1.165, 1.54) is 12.8 Å². The summed E-state index contributed by atoms with van der Waals surface area (Å²) in [7, 11) is 2.11. The standard InChI is InChI=1S/C10H19N3O.C2H6/c1-11-6-8-13(9-7-11)10(14)12-4-2-3-5-12;1-2/h2-9H2,1H3;1-2H3. The predicted molar refractivity (Wildman–Crippen MR) is 66.6 cm³/mol. The van der Waals surface area contributed by atoms with Crippen molar-refractivity contribution >= 4 is 6.03 Å². The van der Waals surface area contributed by atoms with Gasteiger partial charge in [0, 0.05) is 39.3 Å². The summed E-state index contributed by atoms with van der Waals surface area (Å²) < 4.78 is 0. The van der Waals surface area contributed by atoms with Crippen molar-refractivity contribution in [3.05, 3.63) is 0 Å². The number of carbonyl (C=O) groups is 1. The van der Waals surface area contributed by atoms with E-state index in [4.69, 9.17) is 0 Å². The maximum absolute atomic E-state index is 11.9. The van der Waals surface area contributed by atoms with Gasteiger partial charge in [-0.2, -0.15) is 0 Å². The fourth-order valence-electron chi connectivity index (χ4n) is 2.11. The van der Waals surface area contributed by atoms with Crippen LogP contribution >= 0.6 is 0 Å². The summed E-state index contributed by atoms with van der Waals surface area (Å²) in [4.78, 5) is 18.2. The Morgan fingerprint density at radius 2 is 1.25 bits per heavy atom. The van der Waals surface area contributed by atoms with Crippen LogP contribution in [0.2, 0.25) is 0 Å². The molecule has 2 amide bonds. The maximum atomic E-state index is 11.9. The number of piperazine rings is 1. The first-order valence-corrected chi connectivity index (χ1v) is 6.50. The summed E-state index contributed by atoms with van der Waals surface area (Å²) in [5.74, 6) is 0. The largest absolute Gasteiger partial charge is 0.325 e. The highest BCUT2D eigenvalue weighted by Gasteiger charge is 2.25. The molecule has 2 rings (SSSR count). The molecule has 0 aromatic heterocycles. The normalized spacial score (nSPS) is 21.7. The lowest BCUT2D eigenvalue weighted by atomic mass is 10.3. The van der Waals surface area contributed by atoms with Crippen LogP contribution in [0.25, 0.3) is 0 Å². The molecule has 16 heavy (non-hydrogen) atoms. The Morgan fingerprint density at radius 3 is 1.75 bits per heavy atom. The van der Waals surface area contributed by atoms with Crippen molar-refractivity contribution in [2.24, 2.45) is 0 Å². The first-order chi connectivity index (χ1) is 7.77. The Balaban J connectivity index is 0.000000606. The molecule has 0 aliphatic carbocycles. The zero-order chi connectivity index (χ0) is 12.0. The number of urea groups is 1. The molecule has 0 saturated carbocycles. The summed E-state index contributed by atoms with van der Waals surface area (Å²) in [6.07, 6.45) is 2.36. The molecular weight excluding hydrogens is 202 g/mol. The fraction of sp³-hybridized carbons (Fsp3) is 0.917. The van der Waals surface area contributed by atoms with Crippen LogP contribution in [-0.2, 0) is 0 Å². The van der Waals surface area contributed by atoms with E-state index >= 15 is 0 Å². The minimum absolute atomic E-state index is 0.260. The highest BCUT2D eigenvalue weighted by atomic mass is 16.2. The molecule has 0 N–H and O–H groups in total. The van der Waals surface area contributed by atoms with Crippen LogP contribution in [0.1, 0.15) is 26.7 Å². The van der Waals surface area contributed by atoms with Gasteiger partial charge in [0.2, 0.25) is 0 Å². The predicted octanol–water partition coefficient (Wildman–Crippen LogP) is 1.48. The monoisotopic (exact) mass is 227 g/mol. The number of hydrogen-bond donors (Lipinski definition) is 0. The first kappa shape index (κ1) is 13.3. The molecule has 2 saturated heterocycles. The molecule has 2 aliphatic heterocycles. The van der Waals surface area contributed by atoms with Crippen molar-refractivity contribution in [2.75, 3.05) is 46.3 Å². The molecule has 0 atom stereocenters. The molecule has 0 spiro atoms. The molecule has 94 valence electrons. The molecule has 2 heterocycles. The van der Waals surface area contributed by atoms with Gasteiger partial charge < -0.3 is 14.7 Å². The smallest absolute Gasteiger partial charge is 0.320 e. The van der Waals surface area contributed by atoms with Gasteiger partial charge in [0.15, 0.2) is 0 Å². The number of rotatable bonds is 0. The van der Waals surface area contributed by atoms with Crippen LogP contribution in [0, 0.1) is 0 Å². The van der Waals surface area contributed by atoms with Crippen molar-refractivity contribution in [1.82, 2.24) is 14.7 Å². The lowest BCUT2D eigenvalue weighted by molar-refractivity contribution is 0.129. The molecule has 0 radical (unpaired) electrons. The van der Waals surface area contributed by atoms with Gasteiger partial charge in [-0.15, -0.1) is 0 Å². The molecule has 0 aromatic rings. The number of nitrogens with zero attached hydrogens (tertiary/aromatic N) is 3. The van der Waals surface area contributed by atoms with Gasteiger partial charge >= 0.3 is 6.03 Å². The Morgan fingerprint density at radius 1 is 0.812 bits per heavy atom. The molecule has 4 heteroatoms. The first-order valence-electron chi connectivity index (χ1n) is 6.50. The average Bonchev–Trinajstić information content (AvgIpc) is 2.85. The topological polar surface area (TPSA) is 26.8 Å². The number of likely N-dealkylation sites (N-methyl/N-ethyl adjacent to an activating group) is 1. The van der Waals surface area contributed by atoms with E-state index in [1.54, 1.807) is 0 Å². The Kier molecular flexibility index (Phi) is 5.60. The quantitative estimate of drug-likeness (QED) is 0.626. The van der Waals surface area contributed by atoms with Gasteiger partial charge in [-0.1, -0.05) is 13.8 Å². The minimum atomic E-state index is 0.260. The highest BCUT2D eigenvalue weighted by Crippen LogP contribution is 2.11. The van der Waals surface area contributed by atoms with Crippen LogP contribution in [0.15, 0.2) is 0 Å².